The standard InChI is InChI=1S/C10H18N2O2/c13-11-9-2-1-3-10(8-9)12-4-6-14-7-5-12/h10,13H,1-8H2/b11-9+. The second-order valence-electron chi connectivity index (χ2n) is 4.06. The summed E-state index contributed by atoms with van der Waals surface area (Å²) in [7, 11) is 0. The third-order valence-corrected chi connectivity index (χ3v) is 3.18. The second kappa shape index (κ2) is 4.75. The van der Waals surface area contributed by atoms with Crippen molar-refractivity contribution in [2.24, 2.45) is 5.16 Å². The Bertz CT molecular complexity index is 212. The number of oxime groups is 1. The Labute approximate surface area is 84.5 Å². The number of ether oxygens (including phenoxy) is 1. The molecule has 0 aromatic carbocycles. The first-order valence-corrected chi connectivity index (χ1v) is 5.42. The Morgan fingerprint density at radius 2 is 2.14 bits per heavy atom. The Morgan fingerprint density at radius 1 is 1.36 bits per heavy atom. The first kappa shape index (κ1) is 9.93. The van der Waals surface area contributed by atoms with Gasteiger partial charge < -0.3 is 9.94 Å². The van der Waals surface area contributed by atoms with Gasteiger partial charge in [0.1, 0.15) is 0 Å². The van der Waals surface area contributed by atoms with Crippen LogP contribution in [0.15, 0.2) is 5.16 Å². The molecule has 1 N–H and O–H groups in total. The van der Waals surface area contributed by atoms with Gasteiger partial charge in [-0.1, -0.05) is 5.16 Å². The van der Waals surface area contributed by atoms with Gasteiger partial charge in [-0.05, 0) is 19.3 Å². The van der Waals surface area contributed by atoms with Crippen LogP contribution in [0.2, 0.25) is 0 Å². The monoisotopic (exact) mass is 198 g/mol. The van der Waals surface area contributed by atoms with Crippen molar-refractivity contribution in [1.29, 1.82) is 0 Å². The smallest absolute Gasteiger partial charge is 0.0594 e. The van der Waals surface area contributed by atoms with E-state index in [0.717, 1.165) is 51.3 Å². The molecule has 1 aliphatic carbocycles. The van der Waals surface area contributed by atoms with Crippen LogP contribution in [-0.2, 0) is 4.74 Å². The Morgan fingerprint density at radius 3 is 2.86 bits per heavy atom. The van der Waals surface area contributed by atoms with Gasteiger partial charge in [0.2, 0.25) is 0 Å². The summed E-state index contributed by atoms with van der Waals surface area (Å²) in [6, 6.07) is 0.582. The molecule has 0 bridgehead atoms. The first-order chi connectivity index (χ1) is 6.90. The summed E-state index contributed by atoms with van der Waals surface area (Å²) in [5, 5.41) is 12.1. The van der Waals surface area contributed by atoms with Crippen LogP contribution in [0.25, 0.3) is 0 Å². The van der Waals surface area contributed by atoms with Crippen LogP contribution >= 0.6 is 0 Å². The van der Waals surface area contributed by atoms with E-state index in [2.05, 4.69) is 10.1 Å². The van der Waals surface area contributed by atoms with Crippen molar-refractivity contribution in [1.82, 2.24) is 4.90 Å². The molecule has 1 saturated heterocycles. The third kappa shape index (κ3) is 2.25. The average molecular weight is 198 g/mol. The number of hydrogen-bond donors (Lipinski definition) is 1. The molecule has 4 nitrogen and oxygen atoms in total. The van der Waals surface area contributed by atoms with E-state index in [-0.39, 0.29) is 0 Å². The predicted molar refractivity (Wildman–Crippen MR) is 53.9 cm³/mol. The van der Waals surface area contributed by atoms with E-state index >= 15 is 0 Å². The van der Waals surface area contributed by atoms with Gasteiger partial charge in [-0.15, -0.1) is 0 Å². The van der Waals surface area contributed by atoms with Crippen molar-refractivity contribution in [3.05, 3.63) is 0 Å². The zero-order valence-corrected chi connectivity index (χ0v) is 8.48. The molecule has 2 aliphatic rings. The topological polar surface area (TPSA) is 45.1 Å². The lowest BCUT2D eigenvalue weighted by atomic mass is 9.92. The van der Waals surface area contributed by atoms with Crippen molar-refractivity contribution < 1.29 is 9.94 Å². The Balaban J connectivity index is 1.89. The van der Waals surface area contributed by atoms with Gasteiger partial charge >= 0.3 is 0 Å². The molecule has 1 heterocycles. The minimum atomic E-state index is 0.582. The van der Waals surface area contributed by atoms with Gasteiger partial charge in [0.05, 0.1) is 18.9 Å². The van der Waals surface area contributed by atoms with E-state index in [1.807, 2.05) is 0 Å². The summed E-state index contributed by atoms with van der Waals surface area (Å²) in [5.41, 5.74) is 0.966. The van der Waals surface area contributed by atoms with E-state index in [1.54, 1.807) is 0 Å². The predicted octanol–water partition coefficient (Wildman–Crippen LogP) is 1.09. The fraction of sp³-hybridized carbons (Fsp3) is 0.900. The van der Waals surface area contributed by atoms with Crippen LogP contribution in [0.1, 0.15) is 25.7 Å². The van der Waals surface area contributed by atoms with E-state index < -0.39 is 0 Å². The average Bonchev–Trinajstić information content (AvgIpc) is 2.30. The highest BCUT2D eigenvalue weighted by Gasteiger charge is 2.25. The van der Waals surface area contributed by atoms with Crippen LogP contribution < -0.4 is 0 Å². The second-order valence-corrected chi connectivity index (χ2v) is 4.06. The van der Waals surface area contributed by atoms with E-state index in [0.29, 0.717) is 6.04 Å². The van der Waals surface area contributed by atoms with Gasteiger partial charge in [0, 0.05) is 25.6 Å². The van der Waals surface area contributed by atoms with Crippen molar-refractivity contribution in [3.8, 4) is 0 Å². The molecular formula is C10H18N2O2. The highest BCUT2D eigenvalue weighted by Crippen LogP contribution is 2.21. The number of morpholine rings is 1. The van der Waals surface area contributed by atoms with Crippen molar-refractivity contribution >= 4 is 5.71 Å². The van der Waals surface area contributed by atoms with Crippen molar-refractivity contribution in [2.75, 3.05) is 26.3 Å². The first-order valence-electron chi connectivity index (χ1n) is 5.42. The largest absolute Gasteiger partial charge is 0.411 e. The van der Waals surface area contributed by atoms with Crippen molar-refractivity contribution in [2.45, 2.75) is 31.7 Å². The molecule has 1 unspecified atom stereocenters. The minimum absolute atomic E-state index is 0.582. The Hall–Kier alpha value is -0.610. The van der Waals surface area contributed by atoms with Crippen LogP contribution in [0.5, 0.6) is 0 Å². The quantitative estimate of drug-likeness (QED) is 0.507. The SMILES string of the molecule is O/N=C1\CCCC(N2CCOCC2)C1. The number of nitrogens with zero attached hydrogens (tertiary/aromatic N) is 2. The third-order valence-electron chi connectivity index (χ3n) is 3.18. The highest BCUT2D eigenvalue weighted by atomic mass is 16.5. The molecule has 14 heavy (non-hydrogen) atoms. The molecule has 2 fully saturated rings. The zero-order chi connectivity index (χ0) is 9.80. The van der Waals surface area contributed by atoms with Crippen LogP contribution in [0.3, 0.4) is 0 Å². The molecule has 0 aromatic heterocycles. The zero-order valence-electron chi connectivity index (χ0n) is 8.48. The highest BCUT2D eigenvalue weighted by molar-refractivity contribution is 5.85. The molecule has 0 radical (unpaired) electrons. The van der Waals surface area contributed by atoms with Gasteiger partial charge in [-0.3, -0.25) is 4.90 Å². The fourth-order valence-corrected chi connectivity index (χ4v) is 2.36. The van der Waals surface area contributed by atoms with Crippen LogP contribution in [0.4, 0.5) is 0 Å². The number of hydrogen-bond acceptors (Lipinski definition) is 4. The maximum absolute atomic E-state index is 8.75. The van der Waals surface area contributed by atoms with Gasteiger partial charge in [-0.25, -0.2) is 0 Å². The Kier molecular flexibility index (Phi) is 3.37. The van der Waals surface area contributed by atoms with E-state index in [1.165, 1.54) is 6.42 Å². The lowest BCUT2D eigenvalue weighted by Crippen LogP contribution is -2.45. The molecular weight excluding hydrogens is 180 g/mol. The van der Waals surface area contributed by atoms with Crippen molar-refractivity contribution in [3.63, 3.8) is 0 Å². The van der Waals surface area contributed by atoms with E-state index in [4.69, 9.17) is 9.94 Å². The summed E-state index contributed by atoms with van der Waals surface area (Å²) in [4.78, 5) is 2.47. The van der Waals surface area contributed by atoms with Gasteiger partial charge in [0.15, 0.2) is 0 Å². The lowest BCUT2D eigenvalue weighted by molar-refractivity contribution is 0.0144. The molecule has 1 aliphatic heterocycles. The van der Waals surface area contributed by atoms with Gasteiger partial charge in [0.25, 0.3) is 0 Å². The van der Waals surface area contributed by atoms with E-state index in [9.17, 15) is 0 Å². The maximum atomic E-state index is 8.75. The molecule has 80 valence electrons. The molecule has 1 saturated carbocycles. The number of rotatable bonds is 1. The van der Waals surface area contributed by atoms with Crippen LogP contribution in [0, 0.1) is 0 Å². The summed E-state index contributed by atoms with van der Waals surface area (Å²) in [5.74, 6) is 0. The summed E-state index contributed by atoms with van der Waals surface area (Å²) < 4.78 is 5.32. The molecule has 1 atom stereocenters. The fourth-order valence-electron chi connectivity index (χ4n) is 2.36. The molecule has 2 rings (SSSR count). The summed E-state index contributed by atoms with van der Waals surface area (Å²) >= 11 is 0. The molecule has 4 heteroatoms. The molecule has 0 spiro atoms. The maximum Gasteiger partial charge on any atom is 0.0594 e. The summed E-state index contributed by atoms with van der Waals surface area (Å²) in [6.07, 6.45) is 4.30. The summed E-state index contributed by atoms with van der Waals surface area (Å²) in [6.45, 7) is 3.76. The normalized spacial score (nSPS) is 33.4. The molecule has 0 amide bonds. The minimum Gasteiger partial charge on any atom is -0.411 e. The van der Waals surface area contributed by atoms with Crippen LogP contribution in [-0.4, -0.2) is 48.2 Å². The lowest BCUT2D eigenvalue weighted by Gasteiger charge is -2.36. The molecule has 0 aromatic rings. The van der Waals surface area contributed by atoms with Gasteiger partial charge in [-0.2, -0.15) is 0 Å².